The van der Waals surface area contributed by atoms with Crippen molar-refractivity contribution in [2.75, 3.05) is 26.7 Å². The van der Waals surface area contributed by atoms with Crippen LogP contribution in [0.3, 0.4) is 0 Å². The van der Waals surface area contributed by atoms with Crippen molar-refractivity contribution in [1.29, 1.82) is 0 Å². The Morgan fingerprint density at radius 1 is 1.17 bits per heavy atom. The Labute approximate surface area is 210 Å². The second-order valence-electron chi connectivity index (χ2n) is 8.83. The third-order valence-corrected chi connectivity index (χ3v) is 8.42. The predicted octanol–water partition coefficient (Wildman–Crippen LogP) is 1.79. The monoisotopic (exact) mass is 518 g/mol. The highest BCUT2D eigenvalue weighted by Crippen LogP contribution is 2.27. The third kappa shape index (κ3) is 5.30. The number of fused-ring (bicyclic) bond motifs is 1. The maximum absolute atomic E-state index is 13.2. The standard InChI is InChI=1S/C24H30N4O7S/c1-16-13-17(20-5-3-4-6-21(20)25-16)15-35-18-7-9-19(10-8-18)36(32,33)27-11-12-28(24(30)34-2)22(14-27)23(29)26-31/h7-10,13,22,31H,3-6,11-12,14-15H2,1-2H3,(H,26,29). The van der Waals surface area contributed by atoms with Gasteiger partial charge in [0.25, 0.3) is 5.91 Å². The first-order valence-electron chi connectivity index (χ1n) is 11.7. The minimum Gasteiger partial charge on any atom is -0.489 e. The normalized spacial score (nSPS) is 18.3. The lowest BCUT2D eigenvalue weighted by atomic mass is 9.92. The molecule has 2 aliphatic rings. The topological polar surface area (TPSA) is 138 Å². The van der Waals surface area contributed by atoms with Crippen LogP contribution in [-0.2, 0) is 39.0 Å². The number of sulfonamides is 1. The van der Waals surface area contributed by atoms with Gasteiger partial charge in [-0.15, -0.1) is 0 Å². The molecule has 0 spiro atoms. The van der Waals surface area contributed by atoms with Crippen molar-refractivity contribution in [3.8, 4) is 5.75 Å². The summed E-state index contributed by atoms with van der Waals surface area (Å²) >= 11 is 0. The predicted molar refractivity (Wildman–Crippen MR) is 128 cm³/mol. The molecule has 2 aromatic rings. The van der Waals surface area contributed by atoms with E-state index in [1.807, 2.05) is 13.0 Å². The summed E-state index contributed by atoms with van der Waals surface area (Å²) < 4.78 is 38.2. The molecule has 12 heteroatoms. The molecule has 11 nitrogen and oxygen atoms in total. The van der Waals surface area contributed by atoms with E-state index in [2.05, 4.69) is 9.72 Å². The number of benzene rings is 1. The molecule has 1 atom stereocenters. The second kappa shape index (κ2) is 10.8. The highest BCUT2D eigenvalue weighted by atomic mass is 32.2. The molecule has 2 amide bonds. The highest BCUT2D eigenvalue weighted by molar-refractivity contribution is 7.89. The number of nitrogens with zero attached hydrogens (tertiary/aromatic N) is 3. The van der Waals surface area contributed by atoms with Gasteiger partial charge in [0.2, 0.25) is 10.0 Å². The van der Waals surface area contributed by atoms with Crippen LogP contribution in [0.25, 0.3) is 0 Å². The number of piperazine rings is 1. The van der Waals surface area contributed by atoms with Crippen LogP contribution in [-0.4, -0.2) is 72.6 Å². The number of methoxy groups -OCH3 is 1. The Morgan fingerprint density at radius 3 is 2.58 bits per heavy atom. The molecule has 1 aliphatic heterocycles. The number of aryl methyl sites for hydroxylation is 2. The second-order valence-corrected chi connectivity index (χ2v) is 10.8. The van der Waals surface area contributed by atoms with Gasteiger partial charge in [0.05, 0.1) is 12.0 Å². The quantitative estimate of drug-likeness (QED) is 0.436. The Kier molecular flexibility index (Phi) is 7.76. The third-order valence-electron chi connectivity index (χ3n) is 6.54. The van der Waals surface area contributed by atoms with Gasteiger partial charge in [-0.05, 0) is 74.1 Å². The largest absolute Gasteiger partial charge is 0.489 e. The summed E-state index contributed by atoms with van der Waals surface area (Å²) in [7, 11) is -2.80. The maximum Gasteiger partial charge on any atom is 0.410 e. The molecule has 2 heterocycles. The van der Waals surface area contributed by atoms with Crippen LogP contribution in [0.4, 0.5) is 4.79 Å². The lowest BCUT2D eigenvalue weighted by molar-refractivity contribution is -0.135. The van der Waals surface area contributed by atoms with Crippen molar-refractivity contribution in [2.24, 2.45) is 0 Å². The first-order chi connectivity index (χ1) is 17.2. The minimum atomic E-state index is -3.97. The Morgan fingerprint density at radius 2 is 1.89 bits per heavy atom. The number of nitrogens with one attached hydrogen (secondary N) is 1. The lowest BCUT2D eigenvalue weighted by Crippen LogP contribution is -2.61. The van der Waals surface area contributed by atoms with E-state index in [0.717, 1.165) is 58.9 Å². The number of carbonyl (C=O) groups is 2. The van der Waals surface area contributed by atoms with Gasteiger partial charge in [-0.2, -0.15) is 4.31 Å². The van der Waals surface area contributed by atoms with E-state index in [0.29, 0.717) is 12.4 Å². The molecular weight excluding hydrogens is 488 g/mol. The minimum absolute atomic E-state index is 0.0293. The van der Waals surface area contributed by atoms with Crippen LogP contribution in [0, 0.1) is 6.92 Å². The van der Waals surface area contributed by atoms with Gasteiger partial charge in [0, 0.05) is 31.0 Å². The van der Waals surface area contributed by atoms with Crippen LogP contribution in [0.15, 0.2) is 35.2 Å². The number of carbonyl (C=O) groups excluding carboxylic acids is 2. The van der Waals surface area contributed by atoms with E-state index < -0.39 is 28.1 Å². The van der Waals surface area contributed by atoms with Crippen molar-refractivity contribution >= 4 is 22.0 Å². The number of rotatable bonds is 6. The average molecular weight is 519 g/mol. The number of hydrogen-bond donors (Lipinski definition) is 2. The molecule has 4 rings (SSSR count). The molecular formula is C24H30N4O7S. The first kappa shape index (κ1) is 25.9. The smallest absolute Gasteiger partial charge is 0.410 e. The Balaban J connectivity index is 1.46. The fraction of sp³-hybridized carbons (Fsp3) is 0.458. The summed E-state index contributed by atoms with van der Waals surface area (Å²) in [5, 5.41) is 9.05. The van der Waals surface area contributed by atoms with Gasteiger partial charge >= 0.3 is 6.09 Å². The number of aromatic nitrogens is 1. The van der Waals surface area contributed by atoms with Crippen molar-refractivity contribution in [1.82, 2.24) is 19.7 Å². The molecule has 1 saturated heterocycles. The van der Waals surface area contributed by atoms with Crippen molar-refractivity contribution in [3.05, 3.63) is 52.8 Å². The Bertz CT molecular complexity index is 1230. The van der Waals surface area contributed by atoms with Crippen LogP contribution < -0.4 is 10.2 Å². The molecule has 1 unspecified atom stereocenters. The SMILES string of the molecule is COC(=O)N1CCN(S(=O)(=O)c2ccc(OCc3cc(C)nc4c3CCCC4)cc2)CC1C(=O)NO. The van der Waals surface area contributed by atoms with Crippen LogP contribution >= 0.6 is 0 Å². The molecule has 2 N–H and O–H groups in total. The van der Waals surface area contributed by atoms with Gasteiger partial charge in [-0.3, -0.25) is 19.9 Å². The zero-order chi connectivity index (χ0) is 25.9. The summed E-state index contributed by atoms with van der Waals surface area (Å²) in [4.78, 5) is 29.8. The maximum atomic E-state index is 13.2. The lowest BCUT2D eigenvalue weighted by Gasteiger charge is -2.38. The molecule has 194 valence electrons. The molecule has 1 aromatic heterocycles. The number of hydroxylamine groups is 1. The summed E-state index contributed by atoms with van der Waals surface area (Å²) in [6.45, 7) is 1.91. The van der Waals surface area contributed by atoms with Gasteiger partial charge in [0.15, 0.2) is 0 Å². The van der Waals surface area contributed by atoms with E-state index in [-0.39, 0.29) is 24.5 Å². The molecule has 0 radical (unpaired) electrons. The van der Waals surface area contributed by atoms with Gasteiger partial charge < -0.3 is 9.47 Å². The van der Waals surface area contributed by atoms with E-state index >= 15 is 0 Å². The fourth-order valence-electron chi connectivity index (χ4n) is 4.70. The number of pyridine rings is 1. The zero-order valence-electron chi connectivity index (χ0n) is 20.3. The molecule has 1 fully saturated rings. The molecule has 1 aliphatic carbocycles. The number of amides is 2. The molecule has 1 aromatic carbocycles. The van der Waals surface area contributed by atoms with Gasteiger partial charge in [-0.25, -0.2) is 18.7 Å². The molecule has 0 bridgehead atoms. The van der Waals surface area contributed by atoms with Crippen LogP contribution in [0.1, 0.15) is 35.4 Å². The van der Waals surface area contributed by atoms with Crippen molar-refractivity contribution in [3.63, 3.8) is 0 Å². The van der Waals surface area contributed by atoms with Gasteiger partial charge in [-0.1, -0.05) is 0 Å². The highest BCUT2D eigenvalue weighted by Gasteiger charge is 2.40. The van der Waals surface area contributed by atoms with Crippen molar-refractivity contribution in [2.45, 2.75) is 50.2 Å². The summed E-state index contributed by atoms with van der Waals surface area (Å²) in [6, 6.07) is 6.89. The number of ether oxygens (including phenoxy) is 2. The van der Waals surface area contributed by atoms with Crippen LogP contribution in [0.2, 0.25) is 0 Å². The van der Waals surface area contributed by atoms with Crippen LogP contribution in [0.5, 0.6) is 5.75 Å². The fourth-order valence-corrected chi connectivity index (χ4v) is 6.14. The summed E-state index contributed by atoms with van der Waals surface area (Å²) in [6.07, 6.45) is 3.45. The van der Waals surface area contributed by atoms with Gasteiger partial charge in [0.1, 0.15) is 18.4 Å². The average Bonchev–Trinajstić information content (AvgIpc) is 2.90. The van der Waals surface area contributed by atoms with Crippen molar-refractivity contribution < 1.29 is 32.7 Å². The first-order valence-corrected chi connectivity index (χ1v) is 13.2. The van der Waals surface area contributed by atoms with E-state index in [1.165, 1.54) is 23.2 Å². The summed E-state index contributed by atoms with van der Waals surface area (Å²) in [5.41, 5.74) is 5.93. The summed E-state index contributed by atoms with van der Waals surface area (Å²) in [5.74, 6) is -0.376. The van der Waals surface area contributed by atoms with E-state index in [1.54, 1.807) is 12.1 Å². The molecule has 36 heavy (non-hydrogen) atoms. The molecule has 0 saturated carbocycles. The number of hydrogen-bond acceptors (Lipinski definition) is 8. The van der Waals surface area contributed by atoms with E-state index in [9.17, 15) is 18.0 Å². The Hall–Kier alpha value is -3.22. The van der Waals surface area contributed by atoms with E-state index in [4.69, 9.17) is 9.94 Å². The zero-order valence-corrected chi connectivity index (χ0v) is 21.1.